The second-order valence-electron chi connectivity index (χ2n) is 9.47. The first-order valence-electron chi connectivity index (χ1n) is 13.0. The molecule has 10 heteroatoms. The lowest BCUT2D eigenvalue weighted by atomic mass is 10.1. The van der Waals surface area contributed by atoms with E-state index >= 15 is 0 Å². The smallest absolute Gasteiger partial charge is 0.243 e. The predicted octanol–water partition coefficient (Wildman–Crippen LogP) is 5.82. The topological polar surface area (TPSA) is 86.8 Å². The average molecular weight is 585 g/mol. The van der Waals surface area contributed by atoms with Gasteiger partial charge in [-0.25, -0.2) is 8.42 Å². The molecule has 38 heavy (non-hydrogen) atoms. The van der Waals surface area contributed by atoms with E-state index in [1.54, 1.807) is 35.2 Å². The third kappa shape index (κ3) is 9.17. The van der Waals surface area contributed by atoms with E-state index in [9.17, 15) is 18.0 Å². The van der Waals surface area contributed by atoms with Gasteiger partial charge in [-0.15, -0.1) is 0 Å². The highest BCUT2D eigenvalue weighted by Crippen LogP contribution is 2.25. The Morgan fingerprint density at radius 3 is 2.11 bits per heavy atom. The summed E-state index contributed by atoms with van der Waals surface area (Å²) in [5.41, 5.74) is 2.41. The summed E-state index contributed by atoms with van der Waals surface area (Å²) in [6, 6.07) is 11.8. The van der Waals surface area contributed by atoms with Crippen molar-refractivity contribution in [3.8, 4) is 0 Å². The van der Waals surface area contributed by atoms with Crippen molar-refractivity contribution >= 4 is 50.7 Å². The monoisotopic (exact) mass is 583 g/mol. The van der Waals surface area contributed by atoms with Crippen molar-refractivity contribution in [3.63, 3.8) is 0 Å². The number of rotatable bonds is 14. The molecule has 0 aliphatic carbocycles. The van der Waals surface area contributed by atoms with Crippen molar-refractivity contribution in [3.05, 3.63) is 63.6 Å². The molecule has 7 nitrogen and oxygen atoms in total. The van der Waals surface area contributed by atoms with Gasteiger partial charge in [0.2, 0.25) is 21.8 Å². The van der Waals surface area contributed by atoms with Crippen LogP contribution in [0.15, 0.2) is 42.5 Å². The number of amides is 2. The molecule has 210 valence electrons. The van der Waals surface area contributed by atoms with E-state index < -0.39 is 16.1 Å². The third-order valence-corrected chi connectivity index (χ3v) is 8.44. The van der Waals surface area contributed by atoms with Gasteiger partial charge in [0.1, 0.15) is 6.04 Å². The number of anilines is 1. The summed E-state index contributed by atoms with van der Waals surface area (Å²) in [5, 5.41) is 3.75. The Hall–Kier alpha value is -2.29. The number of aryl methyl sites for hydroxylation is 1. The summed E-state index contributed by atoms with van der Waals surface area (Å²) < 4.78 is 26.4. The fourth-order valence-electron chi connectivity index (χ4n) is 4.10. The Kier molecular flexibility index (Phi) is 12.4. The Bertz CT molecular complexity index is 1190. The highest BCUT2D eigenvalue weighted by Gasteiger charge is 2.29. The summed E-state index contributed by atoms with van der Waals surface area (Å²) in [6.07, 6.45) is 3.57. The van der Waals surface area contributed by atoms with Crippen LogP contribution in [0.25, 0.3) is 0 Å². The SMILES string of the molecule is CCc1ccc(N(CCCC(=O)N(Cc2ccc(Cl)c(Cl)c2)[C@@H](CC)C(=O)N[C@@H](C)CC)S(C)(=O)=O)cc1. The zero-order valence-electron chi connectivity index (χ0n) is 22.8. The van der Waals surface area contributed by atoms with Crippen molar-refractivity contribution in [1.29, 1.82) is 0 Å². The minimum Gasteiger partial charge on any atom is -0.352 e. The molecule has 0 aliphatic heterocycles. The lowest BCUT2D eigenvalue weighted by Crippen LogP contribution is -2.50. The molecule has 0 aliphatic rings. The lowest BCUT2D eigenvalue weighted by Gasteiger charge is -2.32. The highest BCUT2D eigenvalue weighted by molar-refractivity contribution is 7.92. The van der Waals surface area contributed by atoms with Gasteiger partial charge in [0.05, 0.1) is 22.0 Å². The fraction of sp³-hybridized carbons (Fsp3) is 0.500. The lowest BCUT2D eigenvalue weighted by molar-refractivity contribution is -0.141. The van der Waals surface area contributed by atoms with E-state index in [2.05, 4.69) is 5.32 Å². The third-order valence-electron chi connectivity index (χ3n) is 6.51. The second-order valence-corrected chi connectivity index (χ2v) is 12.2. The Morgan fingerprint density at radius 1 is 0.947 bits per heavy atom. The number of hydrogen-bond acceptors (Lipinski definition) is 4. The number of nitrogens with one attached hydrogen (secondary N) is 1. The molecule has 0 bridgehead atoms. The van der Waals surface area contributed by atoms with Crippen LogP contribution in [0.2, 0.25) is 10.0 Å². The van der Waals surface area contributed by atoms with Crippen molar-refractivity contribution in [2.24, 2.45) is 0 Å². The van der Waals surface area contributed by atoms with Crippen LogP contribution in [0, 0.1) is 0 Å². The second kappa shape index (κ2) is 14.8. The minimum atomic E-state index is -3.55. The van der Waals surface area contributed by atoms with Crippen LogP contribution in [0.4, 0.5) is 5.69 Å². The number of hydrogen-bond donors (Lipinski definition) is 1. The molecule has 0 spiro atoms. The summed E-state index contributed by atoms with van der Waals surface area (Å²) in [5.74, 6) is -0.457. The molecular weight excluding hydrogens is 545 g/mol. The largest absolute Gasteiger partial charge is 0.352 e. The molecule has 2 atom stereocenters. The van der Waals surface area contributed by atoms with Gasteiger partial charge in [0, 0.05) is 25.6 Å². The van der Waals surface area contributed by atoms with Crippen molar-refractivity contribution < 1.29 is 18.0 Å². The number of carbonyl (C=O) groups excluding carboxylic acids is 2. The minimum absolute atomic E-state index is 0.0269. The summed E-state index contributed by atoms with van der Waals surface area (Å²) in [4.78, 5) is 28.2. The molecule has 0 saturated carbocycles. The molecule has 0 unspecified atom stereocenters. The van der Waals surface area contributed by atoms with Crippen LogP contribution in [0.3, 0.4) is 0 Å². The van der Waals surface area contributed by atoms with Gasteiger partial charge in [-0.1, -0.05) is 62.2 Å². The van der Waals surface area contributed by atoms with E-state index in [0.29, 0.717) is 28.6 Å². The van der Waals surface area contributed by atoms with Crippen LogP contribution in [0.1, 0.15) is 64.5 Å². The molecule has 2 aromatic carbocycles. The fourth-order valence-corrected chi connectivity index (χ4v) is 5.38. The first-order chi connectivity index (χ1) is 17.9. The van der Waals surface area contributed by atoms with Crippen LogP contribution in [0.5, 0.6) is 0 Å². The molecule has 0 fully saturated rings. The maximum atomic E-state index is 13.5. The standard InChI is InChI=1S/C28H39Cl2N3O4S/c1-6-20(4)31-28(35)26(8-3)32(19-22-13-16-24(29)25(30)18-22)27(34)10-9-17-33(38(5,36)37)23-14-11-21(7-2)12-15-23/h11-16,18,20,26H,6-10,17,19H2,1-5H3,(H,31,35)/t20-,26-/m0/s1. The van der Waals surface area contributed by atoms with Gasteiger partial charge in [0.25, 0.3) is 0 Å². The van der Waals surface area contributed by atoms with E-state index in [0.717, 1.165) is 30.2 Å². The van der Waals surface area contributed by atoms with Gasteiger partial charge in [-0.05, 0) is 68.0 Å². The van der Waals surface area contributed by atoms with Crippen molar-refractivity contribution in [2.45, 2.75) is 78.4 Å². The molecule has 0 heterocycles. The summed E-state index contributed by atoms with van der Waals surface area (Å²) >= 11 is 12.3. The van der Waals surface area contributed by atoms with Gasteiger partial charge >= 0.3 is 0 Å². The zero-order chi connectivity index (χ0) is 28.5. The number of sulfonamides is 1. The Morgan fingerprint density at radius 2 is 1.58 bits per heavy atom. The van der Waals surface area contributed by atoms with Gasteiger partial charge in [-0.2, -0.15) is 0 Å². The van der Waals surface area contributed by atoms with Gasteiger partial charge in [0.15, 0.2) is 0 Å². The van der Waals surface area contributed by atoms with Crippen LogP contribution < -0.4 is 9.62 Å². The molecular formula is C28H39Cl2N3O4S. The molecule has 0 radical (unpaired) electrons. The molecule has 2 rings (SSSR count). The van der Waals surface area contributed by atoms with Crippen LogP contribution in [-0.4, -0.2) is 50.0 Å². The maximum Gasteiger partial charge on any atom is 0.243 e. The van der Waals surface area contributed by atoms with Gasteiger partial charge in [-0.3, -0.25) is 13.9 Å². The first kappa shape index (κ1) is 31.9. The Balaban J connectivity index is 2.24. The van der Waals surface area contributed by atoms with E-state index in [-0.39, 0.29) is 37.4 Å². The maximum absolute atomic E-state index is 13.5. The van der Waals surface area contributed by atoms with Gasteiger partial charge < -0.3 is 10.2 Å². The van der Waals surface area contributed by atoms with Crippen LogP contribution >= 0.6 is 23.2 Å². The number of halogens is 2. The highest BCUT2D eigenvalue weighted by atomic mass is 35.5. The first-order valence-corrected chi connectivity index (χ1v) is 15.6. The van der Waals surface area contributed by atoms with Crippen LogP contribution in [-0.2, 0) is 32.6 Å². The zero-order valence-corrected chi connectivity index (χ0v) is 25.2. The van der Waals surface area contributed by atoms with E-state index in [1.165, 1.54) is 4.31 Å². The number of nitrogens with zero attached hydrogens (tertiary/aromatic N) is 2. The molecule has 2 aromatic rings. The van der Waals surface area contributed by atoms with E-state index in [4.69, 9.17) is 23.2 Å². The molecule has 1 N–H and O–H groups in total. The van der Waals surface area contributed by atoms with Crippen molar-refractivity contribution in [1.82, 2.24) is 10.2 Å². The Labute approximate surface area is 237 Å². The van der Waals surface area contributed by atoms with Crippen molar-refractivity contribution in [2.75, 3.05) is 17.1 Å². The predicted molar refractivity (Wildman–Crippen MR) is 156 cm³/mol. The number of carbonyl (C=O) groups is 2. The summed E-state index contributed by atoms with van der Waals surface area (Å²) in [6.45, 7) is 8.12. The average Bonchev–Trinajstić information content (AvgIpc) is 2.87. The number of benzene rings is 2. The quantitative estimate of drug-likeness (QED) is 0.303. The normalized spacial score (nSPS) is 13.0. The summed E-state index contributed by atoms with van der Waals surface area (Å²) in [7, 11) is -3.55. The molecule has 0 aromatic heterocycles. The molecule has 2 amide bonds. The molecule has 0 saturated heterocycles. The van der Waals surface area contributed by atoms with E-state index in [1.807, 2.05) is 39.8 Å².